The Kier molecular flexibility index (Phi) is 5.93. The van der Waals surface area contributed by atoms with E-state index in [-0.39, 0.29) is 16.2 Å². The van der Waals surface area contributed by atoms with Crippen LogP contribution in [0.1, 0.15) is 65.7 Å². The molecule has 3 aliphatic rings. The summed E-state index contributed by atoms with van der Waals surface area (Å²) in [6, 6.07) is 0. The number of hydrogen-bond donors (Lipinski definition) is 2. The minimum atomic E-state index is -1.24. The molecular formula is C17H28I2N2O4. The first-order valence-corrected chi connectivity index (χ1v) is 13.5. The molecule has 3 rings (SSSR count). The van der Waals surface area contributed by atoms with Gasteiger partial charge in [-0.05, 0) is 0 Å². The molecule has 1 saturated carbocycles. The van der Waals surface area contributed by atoms with Gasteiger partial charge in [0.25, 0.3) is 0 Å². The van der Waals surface area contributed by atoms with Crippen LogP contribution in [0.15, 0.2) is 0 Å². The molecule has 0 radical (unpaired) electrons. The standard InChI is InChI=1S/C17H28I2N2O4/c1-4-16(5-2,12-9-7-6-8-10-12)25-13(22)11-24-14(23)15(3,18)17-19(20-17)21-17/h12,20-21H,4-11H2,1-3H3. The number of esters is 2. The summed E-state index contributed by atoms with van der Waals surface area (Å²) in [5.74, 6) is -0.350. The van der Waals surface area contributed by atoms with Gasteiger partial charge in [-0.3, -0.25) is 0 Å². The molecule has 0 spiro atoms. The van der Waals surface area contributed by atoms with Gasteiger partial charge in [-0.15, -0.1) is 0 Å². The summed E-state index contributed by atoms with van der Waals surface area (Å²) >= 11 is 0.884. The molecule has 1 aliphatic carbocycles. The van der Waals surface area contributed by atoms with Crippen molar-refractivity contribution in [2.75, 3.05) is 6.61 Å². The minimum absolute atomic E-state index is 0.183. The molecule has 1 unspecified atom stereocenters. The van der Waals surface area contributed by atoms with Gasteiger partial charge in [0.2, 0.25) is 0 Å². The number of ether oxygens (including phenoxy) is 2. The van der Waals surface area contributed by atoms with Crippen LogP contribution < -0.4 is 7.06 Å². The zero-order valence-corrected chi connectivity index (χ0v) is 19.4. The van der Waals surface area contributed by atoms with E-state index in [1.807, 2.05) is 6.92 Å². The second-order valence-corrected chi connectivity index (χ2v) is 13.8. The Hall–Kier alpha value is 0.320. The Morgan fingerprint density at radius 2 is 1.76 bits per heavy atom. The van der Waals surface area contributed by atoms with E-state index < -0.39 is 35.4 Å². The molecule has 0 aromatic rings. The van der Waals surface area contributed by atoms with Gasteiger partial charge >= 0.3 is 172 Å². The normalized spacial score (nSPS) is 25.5. The molecule has 25 heavy (non-hydrogen) atoms. The van der Waals surface area contributed by atoms with Crippen LogP contribution in [0.3, 0.4) is 0 Å². The van der Waals surface area contributed by atoms with Crippen LogP contribution in [0, 0.1) is 5.92 Å². The zero-order chi connectivity index (χ0) is 18.3. The van der Waals surface area contributed by atoms with Gasteiger partial charge < -0.3 is 0 Å². The molecule has 2 heterocycles. The number of nitrogens with one attached hydrogen (secondary N) is 2. The SMILES string of the molecule is CCC(CC)(OC(=O)COC(=O)C(C)(I)C12NI1N2)C1CCCCC1. The number of carbonyl (C=O) groups is 2. The van der Waals surface area contributed by atoms with Gasteiger partial charge in [-0.25, -0.2) is 0 Å². The quantitative estimate of drug-likeness (QED) is 0.114. The van der Waals surface area contributed by atoms with Crippen LogP contribution in [0.25, 0.3) is 0 Å². The molecule has 0 aromatic carbocycles. The summed E-state index contributed by atoms with van der Waals surface area (Å²) in [6.07, 6.45) is 7.54. The van der Waals surface area contributed by atoms with Gasteiger partial charge in [0.05, 0.1) is 0 Å². The third kappa shape index (κ3) is 3.69. The van der Waals surface area contributed by atoms with Crippen molar-refractivity contribution in [1.82, 2.24) is 7.06 Å². The Labute approximate surface area is 171 Å². The fourth-order valence-electron chi connectivity index (χ4n) is 3.92. The predicted molar refractivity (Wildman–Crippen MR) is 112 cm³/mol. The third-order valence-electron chi connectivity index (χ3n) is 5.88. The Balaban J connectivity index is 1.54. The average Bonchev–Trinajstić information content (AvgIpc) is 3.49. The molecular weight excluding hydrogens is 550 g/mol. The first-order chi connectivity index (χ1) is 11.8. The number of alkyl halides is 2. The molecule has 0 amide bonds. The van der Waals surface area contributed by atoms with E-state index in [1.54, 1.807) is 0 Å². The van der Waals surface area contributed by atoms with Crippen LogP contribution in [-0.4, -0.2) is 31.2 Å². The molecule has 2 N–H and O–H groups in total. The van der Waals surface area contributed by atoms with E-state index in [9.17, 15) is 9.59 Å². The number of rotatable bonds is 8. The summed E-state index contributed by atoms with van der Waals surface area (Å²) in [5, 5.41) is 0. The number of halogens is 2. The van der Waals surface area contributed by atoms with E-state index in [4.69, 9.17) is 9.47 Å². The average molecular weight is 578 g/mol. The second kappa shape index (κ2) is 7.38. The Morgan fingerprint density at radius 3 is 2.24 bits per heavy atom. The number of hydrogen-bond acceptors (Lipinski definition) is 6. The summed E-state index contributed by atoms with van der Waals surface area (Å²) in [7, 11) is 0. The van der Waals surface area contributed by atoms with E-state index in [2.05, 4.69) is 43.5 Å². The monoisotopic (exact) mass is 578 g/mol. The zero-order valence-electron chi connectivity index (χ0n) is 15.1. The van der Waals surface area contributed by atoms with Crippen molar-refractivity contribution in [2.24, 2.45) is 5.92 Å². The fraction of sp³-hybridized carbons (Fsp3) is 0.882. The summed E-state index contributed by atoms with van der Waals surface area (Å²) in [6.45, 7) is 5.73. The Bertz CT molecular complexity index is 539. The fourth-order valence-corrected chi connectivity index (χ4v) is 11.7. The number of carbonyl (C=O) groups excluding carboxylic acids is 2. The van der Waals surface area contributed by atoms with E-state index in [1.165, 1.54) is 19.3 Å². The molecule has 144 valence electrons. The van der Waals surface area contributed by atoms with Crippen molar-refractivity contribution in [3.05, 3.63) is 0 Å². The van der Waals surface area contributed by atoms with Crippen molar-refractivity contribution >= 4 is 54.9 Å². The van der Waals surface area contributed by atoms with Gasteiger partial charge in [0.1, 0.15) is 0 Å². The topological polar surface area (TPSA) is 96.5 Å². The summed E-state index contributed by atoms with van der Waals surface area (Å²) in [5.41, 5.74) is -0.411. The summed E-state index contributed by atoms with van der Waals surface area (Å²) in [4.78, 5) is 24.8. The molecule has 2 aliphatic heterocycles. The van der Waals surface area contributed by atoms with Crippen molar-refractivity contribution in [3.8, 4) is 0 Å². The first-order valence-electron chi connectivity index (χ1n) is 9.15. The third-order valence-corrected chi connectivity index (χ3v) is 13.0. The van der Waals surface area contributed by atoms with Crippen molar-refractivity contribution in [1.29, 1.82) is 0 Å². The van der Waals surface area contributed by atoms with Gasteiger partial charge in [-0.1, -0.05) is 0 Å². The van der Waals surface area contributed by atoms with Crippen molar-refractivity contribution in [3.63, 3.8) is 0 Å². The first kappa shape index (κ1) is 20.1. The molecule has 2 saturated heterocycles. The van der Waals surface area contributed by atoms with Crippen LogP contribution in [0.4, 0.5) is 0 Å². The molecule has 0 bridgehead atoms. The molecule has 3 fully saturated rings. The van der Waals surface area contributed by atoms with E-state index >= 15 is 0 Å². The summed E-state index contributed by atoms with van der Waals surface area (Å²) < 4.78 is 17.0. The molecule has 8 heteroatoms. The number of fused-ring (bicyclic) bond motifs is 1. The Morgan fingerprint density at radius 1 is 1.20 bits per heavy atom. The van der Waals surface area contributed by atoms with Crippen molar-refractivity contribution < 1.29 is 19.1 Å². The van der Waals surface area contributed by atoms with Crippen LogP contribution >= 0.6 is 43.0 Å². The molecule has 6 nitrogen and oxygen atoms in total. The van der Waals surface area contributed by atoms with E-state index in [0.29, 0.717) is 5.92 Å². The molecule has 0 aromatic heterocycles. The predicted octanol–water partition coefficient (Wildman–Crippen LogP) is 3.60. The molecule has 1 atom stereocenters. The van der Waals surface area contributed by atoms with Gasteiger partial charge in [-0.2, -0.15) is 0 Å². The maximum absolute atomic E-state index is 12.4. The van der Waals surface area contributed by atoms with Crippen molar-refractivity contribution in [2.45, 2.75) is 78.4 Å². The van der Waals surface area contributed by atoms with Crippen LogP contribution in [0.5, 0.6) is 0 Å². The van der Waals surface area contributed by atoms with Crippen LogP contribution in [0.2, 0.25) is 0 Å². The van der Waals surface area contributed by atoms with Gasteiger partial charge in [0, 0.05) is 0 Å². The second-order valence-electron chi connectivity index (χ2n) is 7.29. The van der Waals surface area contributed by atoms with Gasteiger partial charge in [0.15, 0.2) is 0 Å². The van der Waals surface area contributed by atoms with E-state index in [0.717, 1.165) is 25.7 Å². The van der Waals surface area contributed by atoms with Crippen LogP contribution in [-0.2, 0) is 19.1 Å². The maximum atomic E-state index is 12.4.